The van der Waals surface area contributed by atoms with Crippen molar-refractivity contribution in [2.75, 3.05) is 26.2 Å². The summed E-state index contributed by atoms with van der Waals surface area (Å²) in [5.74, 6) is -0.375. The molecule has 0 atom stereocenters. The molecule has 0 radical (unpaired) electrons. The molecular formula is C26H24N2O4. The molecule has 3 aromatic rings. The highest BCUT2D eigenvalue weighted by atomic mass is 16.3. The van der Waals surface area contributed by atoms with Crippen LogP contribution in [0.3, 0.4) is 0 Å². The molecule has 1 aliphatic rings. The van der Waals surface area contributed by atoms with E-state index in [4.69, 9.17) is 0 Å². The molecular weight excluding hydrogens is 404 g/mol. The van der Waals surface area contributed by atoms with E-state index in [-0.39, 0.29) is 23.3 Å². The summed E-state index contributed by atoms with van der Waals surface area (Å²) in [6.07, 6.45) is 3.69. The van der Waals surface area contributed by atoms with E-state index in [0.29, 0.717) is 37.3 Å². The predicted molar refractivity (Wildman–Crippen MR) is 123 cm³/mol. The Kier molecular flexibility index (Phi) is 6.22. The quantitative estimate of drug-likeness (QED) is 0.488. The highest BCUT2D eigenvalue weighted by Gasteiger charge is 2.25. The first-order chi connectivity index (χ1) is 15.5. The molecule has 32 heavy (non-hydrogen) atoms. The van der Waals surface area contributed by atoms with E-state index in [9.17, 15) is 19.8 Å². The second kappa shape index (κ2) is 9.39. The molecule has 4 rings (SSSR count). The van der Waals surface area contributed by atoms with Crippen LogP contribution in [0.1, 0.15) is 31.8 Å². The first-order valence-electron chi connectivity index (χ1n) is 10.4. The van der Waals surface area contributed by atoms with Gasteiger partial charge in [0.15, 0.2) is 11.5 Å². The summed E-state index contributed by atoms with van der Waals surface area (Å²) >= 11 is 0. The van der Waals surface area contributed by atoms with Crippen LogP contribution in [0.15, 0.2) is 72.8 Å². The molecule has 1 fully saturated rings. The van der Waals surface area contributed by atoms with Crippen molar-refractivity contribution in [1.82, 2.24) is 9.80 Å². The Morgan fingerprint density at radius 3 is 1.69 bits per heavy atom. The van der Waals surface area contributed by atoms with Gasteiger partial charge in [-0.05, 0) is 47.5 Å². The molecule has 0 bridgehead atoms. The maximum absolute atomic E-state index is 12.9. The fraction of sp³-hybridized carbons (Fsp3) is 0.154. The van der Waals surface area contributed by atoms with Gasteiger partial charge in [0.1, 0.15) is 0 Å². The molecule has 3 aromatic carbocycles. The number of amides is 2. The van der Waals surface area contributed by atoms with Crippen molar-refractivity contribution in [2.45, 2.75) is 0 Å². The average Bonchev–Trinajstić information content (AvgIpc) is 2.85. The minimum absolute atomic E-state index is 0.00390. The third kappa shape index (κ3) is 4.81. The summed E-state index contributed by atoms with van der Waals surface area (Å²) in [4.78, 5) is 29.0. The Morgan fingerprint density at radius 2 is 1.12 bits per heavy atom. The van der Waals surface area contributed by atoms with Crippen LogP contribution in [-0.4, -0.2) is 58.0 Å². The van der Waals surface area contributed by atoms with E-state index in [1.165, 1.54) is 12.1 Å². The van der Waals surface area contributed by atoms with Crippen molar-refractivity contribution in [3.8, 4) is 11.5 Å². The third-order valence-electron chi connectivity index (χ3n) is 5.50. The van der Waals surface area contributed by atoms with Crippen LogP contribution in [0.25, 0.3) is 12.2 Å². The average molecular weight is 428 g/mol. The number of benzene rings is 3. The number of phenols is 2. The normalized spacial score (nSPS) is 14.0. The van der Waals surface area contributed by atoms with E-state index >= 15 is 0 Å². The van der Waals surface area contributed by atoms with Crippen LogP contribution < -0.4 is 0 Å². The summed E-state index contributed by atoms with van der Waals surface area (Å²) in [5.41, 5.74) is 2.93. The monoisotopic (exact) mass is 428 g/mol. The lowest BCUT2D eigenvalue weighted by atomic mass is 10.1. The Balaban J connectivity index is 1.34. The molecule has 6 heteroatoms. The van der Waals surface area contributed by atoms with Gasteiger partial charge < -0.3 is 20.0 Å². The number of carbonyl (C=O) groups excluding carboxylic acids is 2. The number of hydrogen-bond acceptors (Lipinski definition) is 4. The molecule has 1 heterocycles. The number of piperazine rings is 1. The van der Waals surface area contributed by atoms with E-state index < -0.39 is 0 Å². The van der Waals surface area contributed by atoms with Gasteiger partial charge in [-0.1, -0.05) is 48.6 Å². The van der Waals surface area contributed by atoms with E-state index in [1.807, 2.05) is 42.5 Å². The lowest BCUT2D eigenvalue weighted by molar-refractivity contribution is 0.0535. The van der Waals surface area contributed by atoms with Crippen molar-refractivity contribution in [3.05, 3.63) is 95.1 Å². The van der Waals surface area contributed by atoms with E-state index in [2.05, 4.69) is 0 Å². The van der Waals surface area contributed by atoms with Crippen molar-refractivity contribution in [2.24, 2.45) is 0 Å². The SMILES string of the molecule is O=C(c1ccccc1)N1CCN(C(=O)c2ccc(/C=C/c3ccc(O)c(O)c3)cc2)CC1. The number of hydrogen-bond donors (Lipinski definition) is 2. The largest absolute Gasteiger partial charge is 0.504 e. The molecule has 2 amide bonds. The fourth-order valence-corrected chi connectivity index (χ4v) is 3.63. The number of aromatic hydroxyl groups is 2. The van der Waals surface area contributed by atoms with Gasteiger partial charge in [-0.2, -0.15) is 0 Å². The zero-order valence-electron chi connectivity index (χ0n) is 17.5. The maximum atomic E-state index is 12.9. The highest BCUT2D eigenvalue weighted by molar-refractivity contribution is 5.96. The van der Waals surface area contributed by atoms with E-state index in [1.54, 1.807) is 40.1 Å². The minimum Gasteiger partial charge on any atom is -0.504 e. The minimum atomic E-state index is -0.168. The summed E-state index contributed by atoms with van der Waals surface area (Å²) in [6.45, 7) is 2.03. The molecule has 1 aliphatic heterocycles. The third-order valence-corrected chi connectivity index (χ3v) is 5.50. The predicted octanol–water partition coefficient (Wildman–Crippen LogP) is 3.87. The highest BCUT2D eigenvalue weighted by Crippen LogP contribution is 2.25. The topological polar surface area (TPSA) is 81.1 Å². The van der Waals surface area contributed by atoms with Crippen LogP contribution in [0, 0.1) is 0 Å². The van der Waals surface area contributed by atoms with E-state index in [0.717, 1.165) is 11.1 Å². The van der Waals surface area contributed by atoms with Gasteiger partial charge in [-0.25, -0.2) is 0 Å². The number of rotatable bonds is 4. The van der Waals surface area contributed by atoms with Crippen LogP contribution in [0.2, 0.25) is 0 Å². The van der Waals surface area contributed by atoms with Crippen LogP contribution in [0.4, 0.5) is 0 Å². The Hall–Kier alpha value is -4.06. The lowest BCUT2D eigenvalue weighted by Gasteiger charge is -2.34. The molecule has 0 spiro atoms. The van der Waals surface area contributed by atoms with Gasteiger partial charge in [0.05, 0.1) is 0 Å². The Bertz CT molecular complexity index is 1130. The first-order valence-corrected chi connectivity index (χ1v) is 10.4. The molecule has 0 saturated carbocycles. The molecule has 162 valence electrons. The molecule has 6 nitrogen and oxygen atoms in total. The summed E-state index contributed by atoms with van der Waals surface area (Å²) < 4.78 is 0. The van der Waals surface area contributed by atoms with Gasteiger partial charge in [-0.3, -0.25) is 9.59 Å². The van der Waals surface area contributed by atoms with Crippen molar-refractivity contribution in [3.63, 3.8) is 0 Å². The van der Waals surface area contributed by atoms with Gasteiger partial charge in [-0.15, -0.1) is 0 Å². The lowest BCUT2D eigenvalue weighted by Crippen LogP contribution is -2.50. The summed E-state index contributed by atoms with van der Waals surface area (Å²) in [5, 5.41) is 19.0. The number of carbonyl (C=O) groups is 2. The Labute approximate surface area is 186 Å². The molecule has 1 saturated heterocycles. The zero-order valence-corrected chi connectivity index (χ0v) is 17.5. The summed E-state index contributed by atoms with van der Waals surface area (Å²) in [6, 6.07) is 21.1. The second-order valence-electron chi connectivity index (χ2n) is 7.65. The number of nitrogens with zero attached hydrogens (tertiary/aromatic N) is 2. The smallest absolute Gasteiger partial charge is 0.253 e. The second-order valence-corrected chi connectivity index (χ2v) is 7.65. The zero-order chi connectivity index (χ0) is 22.5. The van der Waals surface area contributed by atoms with Crippen LogP contribution in [-0.2, 0) is 0 Å². The Morgan fingerprint density at radius 1 is 0.625 bits per heavy atom. The van der Waals surface area contributed by atoms with Gasteiger partial charge >= 0.3 is 0 Å². The van der Waals surface area contributed by atoms with Crippen LogP contribution in [0.5, 0.6) is 11.5 Å². The maximum Gasteiger partial charge on any atom is 0.253 e. The molecule has 2 N–H and O–H groups in total. The first kappa shape index (κ1) is 21.2. The molecule has 0 aliphatic carbocycles. The molecule has 0 aromatic heterocycles. The van der Waals surface area contributed by atoms with Gasteiger partial charge in [0.25, 0.3) is 11.8 Å². The van der Waals surface area contributed by atoms with Crippen molar-refractivity contribution >= 4 is 24.0 Å². The number of phenolic OH excluding ortho intramolecular Hbond substituents is 2. The summed E-state index contributed by atoms with van der Waals surface area (Å²) in [7, 11) is 0. The molecule has 0 unspecified atom stereocenters. The van der Waals surface area contributed by atoms with Crippen molar-refractivity contribution in [1.29, 1.82) is 0 Å². The fourth-order valence-electron chi connectivity index (χ4n) is 3.63. The standard InChI is InChI=1S/C26H24N2O4/c29-23-13-10-20(18-24(23)30)7-6-19-8-11-22(12-9-19)26(32)28-16-14-27(15-17-28)25(31)21-4-2-1-3-5-21/h1-13,18,29-30H,14-17H2/b7-6+. The van der Waals surface area contributed by atoms with Crippen LogP contribution >= 0.6 is 0 Å². The van der Waals surface area contributed by atoms with Gasteiger partial charge in [0.2, 0.25) is 0 Å². The van der Waals surface area contributed by atoms with Gasteiger partial charge in [0, 0.05) is 37.3 Å². The van der Waals surface area contributed by atoms with Crippen molar-refractivity contribution < 1.29 is 19.8 Å².